The van der Waals surface area contributed by atoms with Crippen LogP contribution in [0.5, 0.6) is 5.75 Å². The molecule has 1 aromatic rings. The van der Waals surface area contributed by atoms with E-state index in [4.69, 9.17) is 10.5 Å². The highest BCUT2D eigenvalue weighted by molar-refractivity contribution is 5.76. The Morgan fingerprint density at radius 2 is 2.16 bits per heavy atom. The molecular weight excluding hydrogens is 240 g/mol. The molecule has 106 valence electrons. The maximum atomic E-state index is 11.7. The summed E-state index contributed by atoms with van der Waals surface area (Å²) >= 11 is 0. The van der Waals surface area contributed by atoms with Crippen molar-refractivity contribution in [3.63, 3.8) is 0 Å². The van der Waals surface area contributed by atoms with Crippen LogP contribution >= 0.6 is 0 Å². The Kier molecular flexibility index (Phi) is 6.36. The third-order valence-corrected chi connectivity index (χ3v) is 2.87. The molecule has 1 amide bonds. The Morgan fingerprint density at radius 3 is 2.79 bits per heavy atom. The number of hydrogen-bond donors (Lipinski definition) is 2. The zero-order valence-corrected chi connectivity index (χ0v) is 12.0. The largest absolute Gasteiger partial charge is 0.494 e. The second-order valence-electron chi connectivity index (χ2n) is 4.81. The second-order valence-corrected chi connectivity index (χ2v) is 4.81. The summed E-state index contributed by atoms with van der Waals surface area (Å²) in [6.45, 7) is 6.46. The van der Waals surface area contributed by atoms with Crippen molar-refractivity contribution in [1.29, 1.82) is 0 Å². The number of nitrogens with two attached hydrogens (primary N) is 1. The van der Waals surface area contributed by atoms with Crippen LogP contribution in [0.25, 0.3) is 0 Å². The molecule has 1 aromatic carbocycles. The first-order valence-electron chi connectivity index (χ1n) is 6.80. The zero-order valence-electron chi connectivity index (χ0n) is 12.0. The van der Waals surface area contributed by atoms with Gasteiger partial charge >= 0.3 is 0 Å². The Hall–Kier alpha value is -1.55. The number of nitrogens with one attached hydrogen (secondary N) is 1. The van der Waals surface area contributed by atoms with E-state index in [-0.39, 0.29) is 18.0 Å². The molecule has 0 aliphatic carbocycles. The van der Waals surface area contributed by atoms with E-state index in [1.807, 2.05) is 45.0 Å². The zero-order chi connectivity index (χ0) is 14.3. The van der Waals surface area contributed by atoms with Gasteiger partial charge in [0.1, 0.15) is 5.75 Å². The molecule has 0 aromatic heterocycles. The fourth-order valence-corrected chi connectivity index (χ4v) is 1.80. The van der Waals surface area contributed by atoms with Gasteiger partial charge in [0.2, 0.25) is 5.91 Å². The van der Waals surface area contributed by atoms with Gasteiger partial charge in [-0.3, -0.25) is 4.79 Å². The predicted molar refractivity (Wildman–Crippen MR) is 77.1 cm³/mol. The number of benzene rings is 1. The first-order valence-corrected chi connectivity index (χ1v) is 6.80. The minimum atomic E-state index is -0.0269. The van der Waals surface area contributed by atoms with Crippen molar-refractivity contribution < 1.29 is 9.53 Å². The van der Waals surface area contributed by atoms with Crippen LogP contribution in [-0.2, 0) is 4.79 Å². The summed E-state index contributed by atoms with van der Waals surface area (Å²) in [5.41, 5.74) is 6.68. The van der Waals surface area contributed by atoms with Crippen LogP contribution in [0.4, 0.5) is 0 Å². The smallest absolute Gasteiger partial charge is 0.220 e. The first kappa shape index (κ1) is 15.5. The van der Waals surface area contributed by atoms with Gasteiger partial charge in [-0.1, -0.05) is 12.1 Å². The van der Waals surface area contributed by atoms with Crippen LogP contribution in [0.3, 0.4) is 0 Å². The summed E-state index contributed by atoms with van der Waals surface area (Å²) in [5, 5.41) is 2.97. The number of rotatable bonds is 7. The van der Waals surface area contributed by atoms with E-state index in [2.05, 4.69) is 5.32 Å². The van der Waals surface area contributed by atoms with Crippen molar-refractivity contribution in [2.75, 3.05) is 6.61 Å². The lowest BCUT2D eigenvalue weighted by Crippen LogP contribution is -2.28. The highest BCUT2D eigenvalue weighted by atomic mass is 16.5. The standard InChI is InChI=1S/C15H24N2O2/c1-4-19-14-7-5-6-13(10-14)12(3)17-15(18)9-8-11(2)16/h5-7,10-12H,4,8-9,16H2,1-3H3,(H,17,18). The van der Waals surface area contributed by atoms with E-state index in [0.29, 0.717) is 19.4 Å². The predicted octanol–water partition coefficient (Wildman–Crippen LogP) is 2.39. The highest BCUT2D eigenvalue weighted by Crippen LogP contribution is 2.19. The third-order valence-electron chi connectivity index (χ3n) is 2.87. The van der Waals surface area contributed by atoms with Gasteiger partial charge in [-0.15, -0.1) is 0 Å². The minimum Gasteiger partial charge on any atom is -0.494 e. The van der Waals surface area contributed by atoms with Gasteiger partial charge < -0.3 is 15.8 Å². The first-order chi connectivity index (χ1) is 9.02. The molecule has 0 spiro atoms. The molecule has 0 radical (unpaired) electrons. The SMILES string of the molecule is CCOc1cccc(C(C)NC(=O)CCC(C)N)c1. The lowest BCUT2D eigenvalue weighted by molar-refractivity contribution is -0.121. The van der Waals surface area contributed by atoms with Crippen LogP contribution in [-0.4, -0.2) is 18.6 Å². The molecular formula is C15H24N2O2. The normalized spacial score (nSPS) is 13.7. The molecule has 0 heterocycles. The van der Waals surface area contributed by atoms with E-state index >= 15 is 0 Å². The molecule has 2 atom stereocenters. The van der Waals surface area contributed by atoms with Crippen LogP contribution in [0.2, 0.25) is 0 Å². The molecule has 0 aliphatic rings. The summed E-state index contributed by atoms with van der Waals surface area (Å²) in [5.74, 6) is 0.864. The van der Waals surface area contributed by atoms with Gasteiger partial charge in [0.25, 0.3) is 0 Å². The van der Waals surface area contributed by atoms with Crippen LogP contribution in [0.1, 0.15) is 45.2 Å². The third kappa shape index (κ3) is 5.75. The Labute approximate surface area is 115 Å². The molecule has 0 bridgehead atoms. The van der Waals surface area contributed by atoms with E-state index in [0.717, 1.165) is 11.3 Å². The maximum absolute atomic E-state index is 11.7. The number of hydrogen-bond acceptors (Lipinski definition) is 3. The maximum Gasteiger partial charge on any atom is 0.220 e. The van der Waals surface area contributed by atoms with Gasteiger partial charge in [-0.25, -0.2) is 0 Å². The van der Waals surface area contributed by atoms with E-state index in [9.17, 15) is 4.79 Å². The molecule has 4 nitrogen and oxygen atoms in total. The van der Waals surface area contributed by atoms with Gasteiger partial charge in [-0.05, 0) is 44.9 Å². The Balaban J connectivity index is 2.54. The Bertz CT molecular complexity index is 405. The summed E-state index contributed by atoms with van der Waals surface area (Å²) in [6, 6.07) is 7.82. The Morgan fingerprint density at radius 1 is 1.42 bits per heavy atom. The number of amides is 1. The molecule has 0 fully saturated rings. The summed E-state index contributed by atoms with van der Waals surface area (Å²) in [4.78, 5) is 11.7. The van der Waals surface area contributed by atoms with Gasteiger partial charge in [0.15, 0.2) is 0 Å². The fourth-order valence-electron chi connectivity index (χ4n) is 1.80. The van der Waals surface area contributed by atoms with Crippen molar-refractivity contribution >= 4 is 5.91 Å². The number of carbonyl (C=O) groups is 1. The van der Waals surface area contributed by atoms with Crippen LogP contribution in [0, 0.1) is 0 Å². The van der Waals surface area contributed by atoms with Crippen LogP contribution in [0.15, 0.2) is 24.3 Å². The number of ether oxygens (including phenoxy) is 1. The summed E-state index contributed by atoms with van der Waals surface area (Å²) in [7, 11) is 0. The van der Waals surface area contributed by atoms with Crippen LogP contribution < -0.4 is 15.8 Å². The summed E-state index contributed by atoms with van der Waals surface area (Å²) in [6.07, 6.45) is 1.17. The van der Waals surface area contributed by atoms with Crippen molar-refractivity contribution in [3.8, 4) is 5.75 Å². The highest BCUT2D eigenvalue weighted by Gasteiger charge is 2.10. The summed E-state index contributed by atoms with van der Waals surface area (Å²) < 4.78 is 5.45. The average molecular weight is 264 g/mol. The molecule has 2 unspecified atom stereocenters. The minimum absolute atomic E-state index is 0.0269. The van der Waals surface area contributed by atoms with E-state index in [1.54, 1.807) is 0 Å². The molecule has 0 saturated heterocycles. The lowest BCUT2D eigenvalue weighted by atomic mass is 10.1. The van der Waals surface area contributed by atoms with Crippen molar-refractivity contribution in [1.82, 2.24) is 5.32 Å². The number of carbonyl (C=O) groups excluding carboxylic acids is 1. The second kappa shape index (κ2) is 7.79. The molecule has 3 N–H and O–H groups in total. The average Bonchev–Trinajstić information content (AvgIpc) is 2.37. The molecule has 19 heavy (non-hydrogen) atoms. The fraction of sp³-hybridized carbons (Fsp3) is 0.533. The van der Waals surface area contributed by atoms with E-state index < -0.39 is 0 Å². The van der Waals surface area contributed by atoms with Crippen molar-refractivity contribution in [2.45, 2.75) is 45.7 Å². The quantitative estimate of drug-likeness (QED) is 0.794. The molecule has 0 saturated carbocycles. The monoisotopic (exact) mass is 264 g/mol. The topological polar surface area (TPSA) is 64.3 Å². The molecule has 4 heteroatoms. The van der Waals surface area contributed by atoms with Gasteiger partial charge in [-0.2, -0.15) is 0 Å². The van der Waals surface area contributed by atoms with Gasteiger partial charge in [0, 0.05) is 12.5 Å². The van der Waals surface area contributed by atoms with Crippen molar-refractivity contribution in [3.05, 3.63) is 29.8 Å². The van der Waals surface area contributed by atoms with E-state index in [1.165, 1.54) is 0 Å². The lowest BCUT2D eigenvalue weighted by Gasteiger charge is -2.16. The van der Waals surface area contributed by atoms with Crippen molar-refractivity contribution in [2.24, 2.45) is 5.73 Å². The van der Waals surface area contributed by atoms with Gasteiger partial charge in [0.05, 0.1) is 12.6 Å². The molecule has 0 aliphatic heterocycles. The molecule has 1 rings (SSSR count).